The maximum atomic E-state index is 13.0. The Morgan fingerprint density at radius 3 is 2.31 bits per heavy atom. The lowest BCUT2D eigenvalue weighted by Gasteiger charge is -2.13. The highest BCUT2D eigenvalue weighted by Gasteiger charge is 2.31. The lowest BCUT2D eigenvalue weighted by molar-refractivity contribution is -0.145. The van der Waals surface area contributed by atoms with Gasteiger partial charge < -0.3 is 5.11 Å². The highest BCUT2D eigenvalue weighted by Crippen LogP contribution is 2.24. The van der Waals surface area contributed by atoms with Gasteiger partial charge >= 0.3 is 5.97 Å². The minimum Gasteiger partial charge on any atom is -0.481 e. The second kappa shape index (κ2) is 5.01. The van der Waals surface area contributed by atoms with Crippen LogP contribution >= 0.6 is 0 Å². The van der Waals surface area contributed by atoms with Crippen molar-refractivity contribution in [2.45, 2.75) is 25.2 Å². The summed E-state index contributed by atoms with van der Waals surface area (Å²) in [5.74, 6) is -5.18. The number of carbonyl (C=O) groups is 1. The third kappa shape index (κ3) is 4.33. The Morgan fingerprint density at radius 2 is 1.81 bits per heavy atom. The molecule has 5 heteroatoms. The van der Waals surface area contributed by atoms with Crippen LogP contribution in [0.25, 0.3) is 0 Å². The van der Waals surface area contributed by atoms with Crippen molar-refractivity contribution in [2.24, 2.45) is 0 Å². The number of aryl methyl sites for hydroxylation is 1. The zero-order chi connectivity index (χ0) is 12.2. The van der Waals surface area contributed by atoms with Crippen LogP contribution in [0, 0.1) is 5.82 Å². The van der Waals surface area contributed by atoms with Crippen LogP contribution in [0.15, 0.2) is 24.3 Å². The molecule has 1 rings (SSSR count). The van der Waals surface area contributed by atoms with Gasteiger partial charge in [0.15, 0.2) is 0 Å². The fraction of sp³-hybridized carbons (Fsp3) is 0.364. The molecule has 0 fully saturated rings. The molecule has 0 amide bonds. The van der Waals surface area contributed by atoms with Crippen molar-refractivity contribution in [3.05, 3.63) is 35.6 Å². The Kier molecular flexibility index (Phi) is 3.93. The van der Waals surface area contributed by atoms with Crippen LogP contribution < -0.4 is 0 Å². The van der Waals surface area contributed by atoms with Gasteiger partial charge in [-0.15, -0.1) is 0 Å². The van der Waals surface area contributed by atoms with Crippen LogP contribution in [0.5, 0.6) is 0 Å². The van der Waals surface area contributed by atoms with Gasteiger partial charge in [0.1, 0.15) is 12.2 Å². The number of hydrogen-bond donors (Lipinski definition) is 1. The molecule has 0 bridgehead atoms. The van der Waals surface area contributed by atoms with Gasteiger partial charge in [0.05, 0.1) is 0 Å². The summed E-state index contributed by atoms with van der Waals surface area (Å²) < 4.78 is 38.5. The Hall–Kier alpha value is -1.52. The number of rotatable bonds is 5. The quantitative estimate of drug-likeness (QED) is 0.847. The largest absolute Gasteiger partial charge is 0.481 e. The van der Waals surface area contributed by atoms with Gasteiger partial charge in [0.2, 0.25) is 0 Å². The monoisotopic (exact) mass is 232 g/mol. The first-order valence-corrected chi connectivity index (χ1v) is 4.73. The van der Waals surface area contributed by atoms with E-state index in [0.717, 1.165) is 0 Å². The Morgan fingerprint density at radius 1 is 1.25 bits per heavy atom. The van der Waals surface area contributed by atoms with E-state index in [1.54, 1.807) is 0 Å². The number of carboxylic acids is 1. The van der Waals surface area contributed by atoms with Gasteiger partial charge in [0.25, 0.3) is 5.92 Å². The standard InChI is InChI=1S/C11H11F3O2/c12-9-3-1-8(2-4-9)5-6-11(13,14)7-10(15)16/h1-4H,5-7H2,(H,15,16). The molecule has 2 nitrogen and oxygen atoms in total. The van der Waals surface area contributed by atoms with Crippen molar-refractivity contribution in [1.29, 1.82) is 0 Å². The average Bonchev–Trinajstić information content (AvgIpc) is 2.15. The number of alkyl halides is 2. The van der Waals surface area contributed by atoms with E-state index in [4.69, 9.17) is 5.11 Å². The normalized spacial score (nSPS) is 11.4. The lowest BCUT2D eigenvalue weighted by atomic mass is 10.0. The number of carboxylic acid groups (broad SMARTS) is 1. The molecular weight excluding hydrogens is 221 g/mol. The number of aliphatic carboxylic acids is 1. The first kappa shape index (κ1) is 12.5. The van der Waals surface area contributed by atoms with Crippen molar-refractivity contribution in [2.75, 3.05) is 0 Å². The highest BCUT2D eigenvalue weighted by atomic mass is 19.3. The molecule has 16 heavy (non-hydrogen) atoms. The van der Waals surface area contributed by atoms with Gasteiger partial charge in [-0.1, -0.05) is 12.1 Å². The van der Waals surface area contributed by atoms with E-state index in [9.17, 15) is 18.0 Å². The first-order valence-electron chi connectivity index (χ1n) is 4.73. The van der Waals surface area contributed by atoms with Gasteiger partial charge in [-0.3, -0.25) is 4.79 Å². The van der Waals surface area contributed by atoms with Crippen molar-refractivity contribution in [1.82, 2.24) is 0 Å². The predicted octanol–water partition coefficient (Wildman–Crippen LogP) is 2.87. The predicted molar refractivity (Wildman–Crippen MR) is 51.9 cm³/mol. The molecule has 1 aromatic carbocycles. The maximum absolute atomic E-state index is 13.0. The molecule has 0 aromatic heterocycles. The SMILES string of the molecule is O=C(O)CC(F)(F)CCc1ccc(F)cc1. The van der Waals surface area contributed by atoms with Gasteiger partial charge in [-0.05, 0) is 24.1 Å². The van der Waals surface area contributed by atoms with E-state index in [0.29, 0.717) is 5.56 Å². The minimum atomic E-state index is -3.22. The zero-order valence-corrected chi connectivity index (χ0v) is 8.42. The fourth-order valence-electron chi connectivity index (χ4n) is 1.29. The molecular formula is C11H11F3O2. The van der Waals surface area contributed by atoms with Crippen molar-refractivity contribution in [3.8, 4) is 0 Å². The number of halogens is 3. The second-order valence-electron chi connectivity index (χ2n) is 3.55. The summed E-state index contributed by atoms with van der Waals surface area (Å²) in [6, 6.07) is 5.19. The van der Waals surface area contributed by atoms with Crippen LogP contribution in [0.3, 0.4) is 0 Å². The summed E-state index contributed by atoms with van der Waals surface area (Å²) >= 11 is 0. The van der Waals surface area contributed by atoms with E-state index < -0.39 is 30.6 Å². The molecule has 0 aliphatic heterocycles. The molecule has 88 valence electrons. The summed E-state index contributed by atoms with van der Waals surface area (Å²) in [5, 5.41) is 8.25. The van der Waals surface area contributed by atoms with E-state index in [-0.39, 0.29) is 6.42 Å². The average molecular weight is 232 g/mol. The molecule has 1 aromatic rings. The summed E-state index contributed by atoms with van der Waals surface area (Å²) in [5.41, 5.74) is 0.562. The smallest absolute Gasteiger partial charge is 0.309 e. The van der Waals surface area contributed by atoms with Crippen LogP contribution in [0.2, 0.25) is 0 Å². The van der Waals surface area contributed by atoms with Crippen LogP contribution in [0.1, 0.15) is 18.4 Å². The minimum absolute atomic E-state index is 0.0283. The lowest BCUT2D eigenvalue weighted by Crippen LogP contribution is -2.21. The van der Waals surface area contributed by atoms with Gasteiger partial charge in [0, 0.05) is 6.42 Å². The Balaban J connectivity index is 2.50. The zero-order valence-electron chi connectivity index (χ0n) is 8.42. The molecule has 0 radical (unpaired) electrons. The maximum Gasteiger partial charge on any atom is 0.309 e. The molecule has 0 spiro atoms. The van der Waals surface area contributed by atoms with Crippen molar-refractivity contribution < 1.29 is 23.1 Å². The molecule has 0 atom stereocenters. The molecule has 1 N–H and O–H groups in total. The van der Waals surface area contributed by atoms with Gasteiger partial charge in [-0.25, -0.2) is 13.2 Å². The van der Waals surface area contributed by atoms with E-state index in [1.165, 1.54) is 24.3 Å². The first-order chi connectivity index (χ1) is 7.39. The van der Waals surface area contributed by atoms with Crippen LogP contribution in [-0.4, -0.2) is 17.0 Å². The molecule has 0 saturated heterocycles. The third-order valence-corrected chi connectivity index (χ3v) is 2.10. The van der Waals surface area contributed by atoms with E-state index in [1.807, 2.05) is 0 Å². The van der Waals surface area contributed by atoms with Crippen molar-refractivity contribution in [3.63, 3.8) is 0 Å². The van der Waals surface area contributed by atoms with E-state index >= 15 is 0 Å². The van der Waals surface area contributed by atoms with Crippen LogP contribution in [-0.2, 0) is 11.2 Å². The molecule has 0 aliphatic rings. The summed E-state index contributed by atoms with van der Waals surface area (Å²) in [6.45, 7) is 0. The highest BCUT2D eigenvalue weighted by molar-refractivity contribution is 5.67. The Labute approximate surface area is 90.7 Å². The molecule has 0 saturated carbocycles. The van der Waals surface area contributed by atoms with Crippen molar-refractivity contribution >= 4 is 5.97 Å². The fourth-order valence-corrected chi connectivity index (χ4v) is 1.29. The Bertz CT molecular complexity index is 360. The van der Waals surface area contributed by atoms with E-state index in [2.05, 4.69) is 0 Å². The molecule has 0 aliphatic carbocycles. The number of benzene rings is 1. The molecule has 0 heterocycles. The summed E-state index contributed by atoms with van der Waals surface area (Å²) in [4.78, 5) is 10.1. The third-order valence-electron chi connectivity index (χ3n) is 2.10. The second-order valence-corrected chi connectivity index (χ2v) is 3.55. The molecule has 0 unspecified atom stereocenters. The van der Waals surface area contributed by atoms with Crippen LogP contribution in [0.4, 0.5) is 13.2 Å². The van der Waals surface area contributed by atoms with Gasteiger partial charge in [-0.2, -0.15) is 0 Å². The topological polar surface area (TPSA) is 37.3 Å². The summed E-state index contributed by atoms with van der Waals surface area (Å²) in [7, 11) is 0. The number of hydrogen-bond acceptors (Lipinski definition) is 1. The summed E-state index contributed by atoms with van der Waals surface area (Å²) in [6.07, 6.45) is -1.69.